The number of aromatic hydroxyl groups is 1. The molecule has 0 radical (unpaired) electrons. The summed E-state index contributed by atoms with van der Waals surface area (Å²) >= 11 is 0. The van der Waals surface area contributed by atoms with E-state index in [4.69, 9.17) is 9.47 Å². The number of ether oxygens (including phenoxy) is 2. The molecule has 2 aromatic rings. The van der Waals surface area contributed by atoms with E-state index in [0.29, 0.717) is 24.7 Å². The first-order chi connectivity index (χ1) is 14.1. The highest BCUT2D eigenvalue weighted by atomic mass is 16.5. The highest BCUT2D eigenvalue weighted by Gasteiger charge is 2.18. The molecule has 0 aromatic heterocycles. The van der Waals surface area contributed by atoms with Crippen molar-refractivity contribution in [2.45, 2.75) is 32.7 Å². The van der Waals surface area contributed by atoms with Gasteiger partial charge in [-0.25, -0.2) is 0 Å². The number of methoxy groups -OCH3 is 1. The Morgan fingerprint density at radius 2 is 1.90 bits per heavy atom. The molecule has 1 heterocycles. The van der Waals surface area contributed by atoms with Crippen molar-refractivity contribution >= 4 is 11.9 Å². The van der Waals surface area contributed by atoms with Crippen LogP contribution in [0.1, 0.15) is 47.7 Å². The topological polar surface area (TPSA) is 59.0 Å². The zero-order valence-corrected chi connectivity index (χ0v) is 17.2. The molecule has 1 aliphatic heterocycles. The van der Waals surface area contributed by atoms with Crippen molar-refractivity contribution in [3.05, 3.63) is 59.2 Å². The van der Waals surface area contributed by atoms with Crippen LogP contribution in [-0.4, -0.2) is 42.6 Å². The van der Waals surface area contributed by atoms with Gasteiger partial charge in [-0.15, -0.1) is 0 Å². The monoisotopic (exact) mass is 395 g/mol. The van der Waals surface area contributed by atoms with E-state index >= 15 is 0 Å². The van der Waals surface area contributed by atoms with Gasteiger partial charge in [0.2, 0.25) is 0 Å². The third-order valence-electron chi connectivity index (χ3n) is 5.14. The number of phenols is 1. The van der Waals surface area contributed by atoms with Crippen LogP contribution < -0.4 is 9.47 Å². The van der Waals surface area contributed by atoms with Crippen molar-refractivity contribution in [2.24, 2.45) is 0 Å². The summed E-state index contributed by atoms with van der Waals surface area (Å²) < 4.78 is 11.0. The van der Waals surface area contributed by atoms with Crippen LogP contribution in [0.2, 0.25) is 0 Å². The minimum atomic E-state index is -0.253. The summed E-state index contributed by atoms with van der Waals surface area (Å²) in [6.07, 6.45) is 6.83. The number of likely N-dealkylation sites (tertiary alicyclic amines) is 1. The molecule has 0 unspecified atom stereocenters. The lowest BCUT2D eigenvalue weighted by atomic mass is 10.0. The smallest absolute Gasteiger partial charge is 0.189 e. The Labute approximate surface area is 172 Å². The molecule has 1 saturated heterocycles. The number of allylic oxidation sites excluding steroid dienone is 1. The summed E-state index contributed by atoms with van der Waals surface area (Å²) in [6, 6.07) is 10.8. The molecule has 2 aromatic carbocycles. The third kappa shape index (κ3) is 5.39. The van der Waals surface area contributed by atoms with Crippen molar-refractivity contribution in [3.8, 4) is 17.2 Å². The van der Waals surface area contributed by atoms with Crippen LogP contribution in [0.15, 0.2) is 42.5 Å². The number of nitrogens with zero attached hydrogens (tertiary/aromatic N) is 1. The maximum absolute atomic E-state index is 12.8. The van der Waals surface area contributed by atoms with Crippen molar-refractivity contribution in [2.75, 3.05) is 26.8 Å². The number of phenolic OH excluding ortho intramolecular Hbond substituents is 1. The van der Waals surface area contributed by atoms with Gasteiger partial charge < -0.3 is 14.6 Å². The van der Waals surface area contributed by atoms with Gasteiger partial charge in [0.25, 0.3) is 0 Å². The molecule has 0 aliphatic carbocycles. The number of carbonyl (C=O) groups is 1. The number of para-hydroxylation sites is 1. The molecule has 0 bridgehead atoms. The van der Waals surface area contributed by atoms with Crippen LogP contribution >= 0.6 is 0 Å². The molecule has 5 nitrogen and oxygen atoms in total. The number of rotatable bonds is 8. The fraction of sp³-hybridized carbons (Fsp3) is 0.375. The molecule has 1 fully saturated rings. The molecule has 3 rings (SSSR count). The molecular formula is C24H29NO4. The highest BCUT2D eigenvalue weighted by Crippen LogP contribution is 2.31. The van der Waals surface area contributed by atoms with E-state index in [0.717, 1.165) is 24.2 Å². The van der Waals surface area contributed by atoms with Crippen LogP contribution in [0, 0.1) is 0 Å². The maximum Gasteiger partial charge on any atom is 0.189 e. The first-order valence-electron chi connectivity index (χ1n) is 10.2. The first kappa shape index (κ1) is 20.9. The zero-order chi connectivity index (χ0) is 20.6. The number of ketones is 1. The van der Waals surface area contributed by atoms with Crippen molar-refractivity contribution in [1.29, 1.82) is 0 Å². The molecule has 5 heteroatoms. The lowest BCUT2D eigenvalue weighted by Crippen LogP contribution is -2.29. The first-order valence-corrected chi connectivity index (χ1v) is 10.2. The number of benzene rings is 2. The van der Waals surface area contributed by atoms with E-state index in [1.54, 1.807) is 25.3 Å². The van der Waals surface area contributed by atoms with Crippen LogP contribution in [0.5, 0.6) is 17.2 Å². The van der Waals surface area contributed by atoms with Crippen LogP contribution in [0.3, 0.4) is 0 Å². The largest absolute Gasteiger partial charge is 0.507 e. The van der Waals surface area contributed by atoms with Crippen LogP contribution in [-0.2, 0) is 6.54 Å². The average Bonchev–Trinajstić information content (AvgIpc) is 2.75. The fourth-order valence-corrected chi connectivity index (χ4v) is 3.64. The lowest BCUT2D eigenvalue weighted by Gasteiger charge is -2.27. The predicted octanol–water partition coefficient (Wildman–Crippen LogP) is 4.68. The number of carbonyl (C=O) groups excluding carboxylic acids is 1. The molecule has 0 atom stereocenters. The fourth-order valence-electron chi connectivity index (χ4n) is 3.64. The number of hydrogen-bond donors (Lipinski definition) is 1. The van der Waals surface area contributed by atoms with Gasteiger partial charge in [0.15, 0.2) is 5.78 Å². The van der Waals surface area contributed by atoms with E-state index in [1.165, 1.54) is 25.3 Å². The highest BCUT2D eigenvalue weighted by molar-refractivity contribution is 6.09. The molecule has 0 amide bonds. The van der Waals surface area contributed by atoms with E-state index in [9.17, 15) is 9.90 Å². The van der Waals surface area contributed by atoms with E-state index in [-0.39, 0.29) is 17.1 Å². The Kier molecular flexibility index (Phi) is 7.30. The number of hydrogen-bond acceptors (Lipinski definition) is 5. The summed E-state index contributed by atoms with van der Waals surface area (Å²) in [5.41, 5.74) is 2.02. The second kappa shape index (κ2) is 10.1. The molecule has 1 aliphatic rings. The maximum atomic E-state index is 12.8. The van der Waals surface area contributed by atoms with Gasteiger partial charge in [0.1, 0.15) is 17.2 Å². The van der Waals surface area contributed by atoms with Gasteiger partial charge in [-0.3, -0.25) is 9.69 Å². The minimum absolute atomic E-state index is 0.0643. The minimum Gasteiger partial charge on any atom is -0.507 e. The quantitative estimate of drug-likeness (QED) is 0.519. The molecule has 0 saturated carbocycles. The van der Waals surface area contributed by atoms with Gasteiger partial charge in [-0.1, -0.05) is 24.6 Å². The normalized spacial score (nSPS) is 14.8. The molecule has 1 N–H and O–H groups in total. The Morgan fingerprint density at radius 3 is 2.62 bits per heavy atom. The van der Waals surface area contributed by atoms with E-state index in [1.807, 2.05) is 31.2 Å². The standard InChI is InChI=1S/C24H29NO4/c1-3-29-24-16-22(27)20(15-19(24)17-25-13-7-4-8-14-25)21(26)12-11-18-9-5-6-10-23(18)28-2/h5-6,9-12,15-16,27H,3-4,7-8,13-14,17H2,1-2H3/b12-11+. The Bertz CT molecular complexity index is 869. The van der Waals surface area contributed by atoms with Gasteiger partial charge in [0.05, 0.1) is 19.3 Å². The number of piperidine rings is 1. The van der Waals surface area contributed by atoms with Crippen LogP contribution in [0.4, 0.5) is 0 Å². The summed E-state index contributed by atoms with van der Waals surface area (Å²) in [7, 11) is 1.60. The van der Waals surface area contributed by atoms with Gasteiger partial charge >= 0.3 is 0 Å². The lowest BCUT2D eigenvalue weighted by molar-refractivity contribution is 0.104. The predicted molar refractivity (Wildman–Crippen MR) is 115 cm³/mol. The van der Waals surface area contributed by atoms with Gasteiger partial charge in [-0.2, -0.15) is 0 Å². The summed E-state index contributed by atoms with van der Waals surface area (Å²) in [5.74, 6) is 1.01. The van der Waals surface area contributed by atoms with E-state index in [2.05, 4.69) is 4.90 Å². The molecule has 29 heavy (non-hydrogen) atoms. The zero-order valence-electron chi connectivity index (χ0n) is 17.2. The summed E-state index contributed by atoms with van der Waals surface area (Å²) in [5, 5.41) is 10.4. The second-order valence-electron chi connectivity index (χ2n) is 7.19. The molecule has 0 spiro atoms. The van der Waals surface area contributed by atoms with Crippen molar-refractivity contribution in [3.63, 3.8) is 0 Å². The van der Waals surface area contributed by atoms with Gasteiger partial charge in [-0.05, 0) is 57.1 Å². The van der Waals surface area contributed by atoms with E-state index < -0.39 is 0 Å². The Balaban J connectivity index is 1.86. The molecule has 154 valence electrons. The van der Waals surface area contributed by atoms with Crippen molar-refractivity contribution < 1.29 is 19.4 Å². The van der Waals surface area contributed by atoms with Gasteiger partial charge in [0, 0.05) is 23.7 Å². The summed E-state index contributed by atoms with van der Waals surface area (Å²) in [4.78, 5) is 15.2. The average molecular weight is 395 g/mol. The second-order valence-corrected chi connectivity index (χ2v) is 7.19. The van der Waals surface area contributed by atoms with Crippen molar-refractivity contribution in [1.82, 2.24) is 4.90 Å². The SMILES string of the molecule is CCOc1cc(O)c(C(=O)/C=C/c2ccccc2OC)cc1CN1CCCCC1. The van der Waals surface area contributed by atoms with Crippen LogP contribution in [0.25, 0.3) is 6.08 Å². The summed E-state index contributed by atoms with van der Waals surface area (Å²) in [6.45, 7) is 5.23. The Hall–Kier alpha value is -2.79. The Morgan fingerprint density at radius 1 is 1.14 bits per heavy atom. The third-order valence-corrected chi connectivity index (χ3v) is 5.14. The molecular weight excluding hydrogens is 366 g/mol.